The average Bonchev–Trinajstić information content (AvgIpc) is 2.55. The SMILES string of the molecule is CCCCCCCC1COC(c2cc(F)c(C#N)c(F)c2)OC1. The average molecular weight is 323 g/mol. The number of ether oxygens (including phenoxy) is 2. The normalized spacial score (nSPS) is 21.1. The summed E-state index contributed by atoms with van der Waals surface area (Å²) in [5, 5.41) is 8.68. The fourth-order valence-corrected chi connectivity index (χ4v) is 2.77. The van der Waals surface area contributed by atoms with Crippen LogP contribution in [0.25, 0.3) is 0 Å². The van der Waals surface area contributed by atoms with Gasteiger partial charge in [0, 0.05) is 11.5 Å². The molecule has 3 nitrogen and oxygen atoms in total. The maximum Gasteiger partial charge on any atom is 0.184 e. The number of halogens is 2. The first-order valence-electron chi connectivity index (χ1n) is 8.28. The van der Waals surface area contributed by atoms with Crippen molar-refractivity contribution in [2.24, 2.45) is 5.92 Å². The van der Waals surface area contributed by atoms with Crippen LogP contribution in [0.4, 0.5) is 8.78 Å². The Morgan fingerprint density at radius 1 is 1.09 bits per heavy atom. The molecule has 1 aromatic carbocycles. The van der Waals surface area contributed by atoms with E-state index in [1.807, 2.05) is 0 Å². The van der Waals surface area contributed by atoms with Gasteiger partial charge in [0.25, 0.3) is 0 Å². The van der Waals surface area contributed by atoms with E-state index in [2.05, 4.69) is 6.92 Å². The van der Waals surface area contributed by atoms with Gasteiger partial charge in [0.15, 0.2) is 6.29 Å². The van der Waals surface area contributed by atoms with E-state index in [9.17, 15) is 8.78 Å². The summed E-state index contributed by atoms with van der Waals surface area (Å²) in [6, 6.07) is 3.72. The second-order valence-corrected chi connectivity index (χ2v) is 6.04. The lowest BCUT2D eigenvalue weighted by atomic mass is 10.0. The van der Waals surface area contributed by atoms with E-state index in [1.165, 1.54) is 31.8 Å². The molecule has 1 heterocycles. The van der Waals surface area contributed by atoms with Crippen LogP contribution < -0.4 is 0 Å². The first kappa shape index (κ1) is 17.8. The van der Waals surface area contributed by atoms with Gasteiger partial charge in [-0.05, 0) is 18.6 Å². The van der Waals surface area contributed by atoms with Crippen molar-refractivity contribution in [3.63, 3.8) is 0 Å². The molecule has 0 radical (unpaired) electrons. The Morgan fingerprint density at radius 2 is 1.70 bits per heavy atom. The lowest BCUT2D eigenvalue weighted by molar-refractivity contribution is -0.206. The molecule has 0 unspecified atom stereocenters. The molecule has 0 aromatic heterocycles. The molecule has 1 aliphatic rings. The van der Waals surface area contributed by atoms with Gasteiger partial charge in [-0.15, -0.1) is 0 Å². The third-order valence-electron chi connectivity index (χ3n) is 4.13. The van der Waals surface area contributed by atoms with Gasteiger partial charge >= 0.3 is 0 Å². The third kappa shape index (κ3) is 4.98. The number of unbranched alkanes of at least 4 members (excludes halogenated alkanes) is 4. The van der Waals surface area contributed by atoms with Crippen molar-refractivity contribution < 1.29 is 18.3 Å². The van der Waals surface area contributed by atoms with Crippen LogP contribution >= 0.6 is 0 Å². The number of hydrogen-bond donors (Lipinski definition) is 0. The number of benzene rings is 1. The smallest absolute Gasteiger partial charge is 0.184 e. The highest BCUT2D eigenvalue weighted by atomic mass is 19.1. The lowest BCUT2D eigenvalue weighted by Gasteiger charge is -2.29. The molecular formula is C18H23F2NO2. The summed E-state index contributed by atoms with van der Waals surface area (Å²) in [6.07, 6.45) is 6.43. The molecule has 0 amide bonds. The summed E-state index contributed by atoms with van der Waals surface area (Å²) in [4.78, 5) is 0. The Balaban J connectivity index is 1.82. The van der Waals surface area contributed by atoms with Crippen LogP contribution in [0.5, 0.6) is 0 Å². The highest BCUT2D eigenvalue weighted by Crippen LogP contribution is 2.29. The van der Waals surface area contributed by atoms with E-state index in [1.54, 1.807) is 0 Å². The minimum absolute atomic E-state index is 0.278. The highest BCUT2D eigenvalue weighted by Gasteiger charge is 2.25. The molecule has 1 saturated heterocycles. The van der Waals surface area contributed by atoms with E-state index in [0.29, 0.717) is 19.1 Å². The maximum absolute atomic E-state index is 13.6. The Bertz CT molecular complexity index is 525. The van der Waals surface area contributed by atoms with Crippen molar-refractivity contribution in [1.82, 2.24) is 0 Å². The molecule has 0 bridgehead atoms. The van der Waals surface area contributed by atoms with Crippen LogP contribution in [0.15, 0.2) is 12.1 Å². The molecule has 2 rings (SSSR count). The van der Waals surface area contributed by atoms with Gasteiger partial charge in [0.1, 0.15) is 23.3 Å². The topological polar surface area (TPSA) is 42.2 Å². The summed E-state index contributed by atoms with van der Waals surface area (Å²) in [7, 11) is 0. The molecule has 126 valence electrons. The standard InChI is InChI=1S/C18H23F2NO2/c1-2-3-4-5-6-7-13-11-22-18(23-12-13)14-8-16(19)15(10-21)17(20)9-14/h8-9,13,18H,2-7,11-12H2,1H3. The van der Waals surface area contributed by atoms with E-state index in [-0.39, 0.29) is 5.56 Å². The Hall–Kier alpha value is -1.51. The number of nitrogens with zero attached hydrogens (tertiary/aromatic N) is 1. The van der Waals surface area contributed by atoms with Crippen molar-refractivity contribution in [2.45, 2.75) is 51.7 Å². The molecular weight excluding hydrogens is 300 g/mol. The number of nitriles is 1. The van der Waals surface area contributed by atoms with Gasteiger partial charge in [0.05, 0.1) is 13.2 Å². The van der Waals surface area contributed by atoms with Crippen molar-refractivity contribution in [1.29, 1.82) is 5.26 Å². The Kier molecular flexibility index (Phi) is 6.94. The minimum atomic E-state index is -0.882. The first-order chi connectivity index (χ1) is 11.2. The van der Waals surface area contributed by atoms with Crippen molar-refractivity contribution >= 4 is 0 Å². The number of hydrogen-bond acceptors (Lipinski definition) is 3. The zero-order valence-corrected chi connectivity index (χ0v) is 13.5. The van der Waals surface area contributed by atoms with E-state index < -0.39 is 23.5 Å². The number of rotatable bonds is 7. The Labute approximate surface area is 136 Å². The van der Waals surface area contributed by atoms with Crippen LogP contribution in [-0.2, 0) is 9.47 Å². The van der Waals surface area contributed by atoms with Crippen LogP contribution in [0.3, 0.4) is 0 Å². The van der Waals surface area contributed by atoms with Crippen molar-refractivity contribution in [3.05, 3.63) is 34.9 Å². The van der Waals surface area contributed by atoms with Gasteiger partial charge in [-0.3, -0.25) is 0 Å². The molecule has 0 atom stereocenters. The second-order valence-electron chi connectivity index (χ2n) is 6.04. The quantitative estimate of drug-likeness (QED) is 0.673. The fourth-order valence-electron chi connectivity index (χ4n) is 2.77. The summed E-state index contributed by atoms with van der Waals surface area (Å²) in [5.74, 6) is -1.43. The van der Waals surface area contributed by atoms with Crippen molar-refractivity contribution in [3.8, 4) is 6.07 Å². The zero-order chi connectivity index (χ0) is 16.7. The van der Waals surface area contributed by atoms with Gasteiger partial charge in [-0.2, -0.15) is 5.26 Å². The van der Waals surface area contributed by atoms with Gasteiger partial charge in [-0.1, -0.05) is 39.0 Å². The van der Waals surface area contributed by atoms with Crippen LogP contribution in [0.2, 0.25) is 0 Å². The third-order valence-corrected chi connectivity index (χ3v) is 4.13. The van der Waals surface area contributed by atoms with Crippen molar-refractivity contribution in [2.75, 3.05) is 13.2 Å². The van der Waals surface area contributed by atoms with Gasteiger partial charge in [-0.25, -0.2) is 8.78 Å². The largest absolute Gasteiger partial charge is 0.348 e. The monoisotopic (exact) mass is 323 g/mol. The second kappa shape index (κ2) is 8.95. The molecule has 0 N–H and O–H groups in total. The Morgan fingerprint density at radius 3 is 2.26 bits per heavy atom. The molecule has 0 spiro atoms. The fraction of sp³-hybridized carbons (Fsp3) is 0.611. The van der Waals surface area contributed by atoms with E-state index >= 15 is 0 Å². The van der Waals surface area contributed by atoms with Crippen LogP contribution in [0.1, 0.15) is 62.9 Å². The summed E-state index contributed by atoms with van der Waals surface area (Å²) >= 11 is 0. The molecule has 1 aliphatic heterocycles. The zero-order valence-electron chi connectivity index (χ0n) is 13.5. The van der Waals surface area contributed by atoms with E-state index in [4.69, 9.17) is 14.7 Å². The van der Waals surface area contributed by atoms with Gasteiger partial charge in [0.2, 0.25) is 0 Å². The summed E-state index contributed by atoms with van der Waals surface area (Å²) in [5.41, 5.74) is -0.296. The minimum Gasteiger partial charge on any atom is -0.348 e. The molecule has 1 fully saturated rings. The molecule has 0 aliphatic carbocycles. The molecule has 1 aromatic rings. The highest BCUT2D eigenvalue weighted by molar-refractivity contribution is 5.35. The molecule has 23 heavy (non-hydrogen) atoms. The summed E-state index contributed by atoms with van der Waals surface area (Å²) in [6.45, 7) is 3.25. The van der Waals surface area contributed by atoms with E-state index in [0.717, 1.165) is 25.0 Å². The van der Waals surface area contributed by atoms with Gasteiger partial charge < -0.3 is 9.47 Å². The summed E-state index contributed by atoms with van der Waals surface area (Å²) < 4.78 is 38.5. The maximum atomic E-state index is 13.6. The predicted octanol–water partition coefficient (Wildman–Crippen LogP) is 4.86. The van der Waals surface area contributed by atoms with Crippen LogP contribution in [0, 0.1) is 28.9 Å². The lowest BCUT2D eigenvalue weighted by Crippen LogP contribution is -2.27. The predicted molar refractivity (Wildman–Crippen MR) is 82.6 cm³/mol. The first-order valence-corrected chi connectivity index (χ1v) is 8.28. The van der Waals surface area contributed by atoms with Crippen LogP contribution in [-0.4, -0.2) is 13.2 Å². The molecule has 0 saturated carbocycles. The molecule has 5 heteroatoms.